The highest BCUT2D eigenvalue weighted by atomic mass is 15.1. The molecule has 2 aromatic rings. The van der Waals surface area contributed by atoms with Gasteiger partial charge < -0.3 is 0 Å². The average molecular weight is 250 g/mol. The van der Waals surface area contributed by atoms with Crippen LogP contribution in [0, 0.1) is 0 Å². The topological polar surface area (TPSA) is 97.5 Å². The van der Waals surface area contributed by atoms with E-state index in [9.17, 15) is 0 Å². The van der Waals surface area contributed by atoms with E-state index in [-0.39, 0.29) is 0 Å². The Bertz CT molecular complexity index is 587. The van der Waals surface area contributed by atoms with E-state index < -0.39 is 0 Å². The number of nitrogens with zero attached hydrogens (tertiary/aromatic N) is 6. The third-order valence-corrected chi connectivity index (χ3v) is 2.60. The number of hydrogen-bond acceptors (Lipinski definition) is 2. The average Bonchev–Trinajstić information content (AvgIpc) is 2.44. The molecule has 0 aliphatic heterocycles. The van der Waals surface area contributed by atoms with Gasteiger partial charge in [0.25, 0.3) is 0 Å². The van der Waals surface area contributed by atoms with Crippen LogP contribution in [0.2, 0.25) is 0 Å². The fourth-order valence-electron chi connectivity index (χ4n) is 1.70. The van der Waals surface area contributed by atoms with Crippen LogP contribution in [0.4, 0.5) is 11.4 Å². The fraction of sp³-hybridized carbons (Fsp3) is 0.0769. The summed E-state index contributed by atoms with van der Waals surface area (Å²) >= 11 is 0. The van der Waals surface area contributed by atoms with Gasteiger partial charge in [0.1, 0.15) is 0 Å². The highest BCUT2D eigenvalue weighted by molar-refractivity contribution is 5.42. The van der Waals surface area contributed by atoms with Crippen molar-refractivity contribution in [3.63, 3.8) is 0 Å². The zero-order valence-electron chi connectivity index (χ0n) is 10.0. The van der Waals surface area contributed by atoms with Crippen LogP contribution in [0.3, 0.4) is 0 Å². The summed E-state index contributed by atoms with van der Waals surface area (Å²) in [5.74, 6) is 0. The molecular weight excluding hydrogens is 240 g/mol. The van der Waals surface area contributed by atoms with Crippen LogP contribution in [0.1, 0.15) is 11.1 Å². The molecule has 0 radical (unpaired) electrons. The minimum absolute atomic E-state index is 0.602. The number of azide groups is 2. The van der Waals surface area contributed by atoms with E-state index in [4.69, 9.17) is 11.1 Å². The van der Waals surface area contributed by atoms with Gasteiger partial charge in [-0.15, -0.1) is 0 Å². The molecule has 6 nitrogen and oxygen atoms in total. The van der Waals surface area contributed by atoms with Crippen LogP contribution < -0.4 is 0 Å². The van der Waals surface area contributed by atoms with Crippen LogP contribution in [-0.2, 0) is 6.42 Å². The van der Waals surface area contributed by atoms with E-state index in [1.54, 1.807) is 24.3 Å². The van der Waals surface area contributed by atoms with Crippen molar-refractivity contribution in [1.29, 1.82) is 0 Å². The minimum Gasteiger partial charge on any atom is -0.0608 e. The molecule has 0 N–H and O–H groups in total. The Labute approximate surface area is 109 Å². The summed E-state index contributed by atoms with van der Waals surface area (Å²) in [4.78, 5) is 5.46. The van der Waals surface area contributed by atoms with Gasteiger partial charge in [0.15, 0.2) is 0 Å². The molecule has 0 spiro atoms. The molecule has 0 fully saturated rings. The van der Waals surface area contributed by atoms with Crippen LogP contribution in [0.25, 0.3) is 20.9 Å². The van der Waals surface area contributed by atoms with Crippen molar-refractivity contribution in [1.82, 2.24) is 0 Å². The van der Waals surface area contributed by atoms with Gasteiger partial charge in [-0.2, -0.15) is 0 Å². The van der Waals surface area contributed by atoms with Gasteiger partial charge in [0.2, 0.25) is 0 Å². The normalized spacial score (nSPS) is 9.26. The van der Waals surface area contributed by atoms with Crippen molar-refractivity contribution >= 4 is 11.4 Å². The molecule has 0 amide bonds. The van der Waals surface area contributed by atoms with Gasteiger partial charge in [0, 0.05) is 21.2 Å². The maximum Gasteiger partial charge on any atom is 0.0375 e. The van der Waals surface area contributed by atoms with Crippen LogP contribution in [0.15, 0.2) is 58.8 Å². The Morgan fingerprint density at radius 2 is 1.05 bits per heavy atom. The second-order valence-corrected chi connectivity index (χ2v) is 3.89. The molecule has 2 rings (SSSR count). The third kappa shape index (κ3) is 3.51. The van der Waals surface area contributed by atoms with Gasteiger partial charge in [-0.25, -0.2) is 0 Å². The largest absolute Gasteiger partial charge is 0.0608 e. The lowest BCUT2D eigenvalue weighted by atomic mass is 10.0. The summed E-state index contributed by atoms with van der Waals surface area (Å²) in [6.45, 7) is 0. The van der Waals surface area contributed by atoms with E-state index in [0.29, 0.717) is 11.4 Å². The number of rotatable bonds is 4. The van der Waals surface area contributed by atoms with Gasteiger partial charge in [-0.1, -0.05) is 58.8 Å². The Hall–Kier alpha value is -2.94. The predicted molar refractivity (Wildman–Crippen MR) is 73.3 cm³/mol. The molecule has 0 aromatic heterocycles. The summed E-state index contributed by atoms with van der Waals surface area (Å²) < 4.78 is 0. The van der Waals surface area contributed by atoms with Crippen molar-refractivity contribution < 1.29 is 0 Å². The first-order valence-electron chi connectivity index (χ1n) is 5.60. The lowest BCUT2D eigenvalue weighted by Gasteiger charge is -2.02. The maximum absolute atomic E-state index is 8.32. The van der Waals surface area contributed by atoms with Crippen LogP contribution >= 0.6 is 0 Å². The smallest absolute Gasteiger partial charge is 0.0375 e. The highest BCUT2D eigenvalue weighted by Gasteiger charge is 1.97. The Kier molecular flexibility index (Phi) is 4.03. The second kappa shape index (κ2) is 6.12. The zero-order valence-corrected chi connectivity index (χ0v) is 10.0. The van der Waals surface area contributed by atoms with Gasteiger partial charge >= 0.3 is 0 Å². The lowest BCUT2D eigenvalue weighted by molar-refractivity contribution is 1.19. The van der Waals surface area contributed by atoms with Crippen molar-refractivity contribution in [2.45, 2.75) is 6.42 Å². The standard InChI is InChI=1S/C13H10N6/c14-18-16-12-5-1-10(2-6-12)9-11-3-7-13(8-4-11)17-19-15/h1-8H,9H2. The molecule has 0 unspecified atom stereocenters. The van der Waals surface area contributed by atoms with Crippen molar-refractivity contribution in [3.05, 3.63) is 80.5 Å². The quantitative estimate of drug-likeness (QED) is 0.406. The van der Waals surface area contributed by atoms with E-state index in [0.717, 1.165) is 17.5 Å². The Balaban J connectivity index is 2.11. The second-order valence-electron chi connectivity index (χ2n) is 3.89. The summed E-state index contributed by atoms with van der Waals surface area (Å²) in [6, 6.07) is 14.8. The van der Waals surface area contributed by atoms with E-state index in [2.05, 4.69) is 20.1 Å². The summed E-state index contributed by atoms with van der Waals surface area (Å²) in [5, 5.41) is 7.04. The van der Waals surface area contributed by atoms with E-state index in [1.807, 2.05) is 24.3 Å². The molecule has 0 saturated carbocycles. The van der Waals surface area contributed by atoms with Crippen molar-refractivity contribution in [2.24, 2.45) is 10.2 Å². The third-order valence-electron chi connectivity index (χ3n) is 2.60. The maximum atomic E-state index is 8.32. The van der Waals surface area contributed by atoms with E-state index >= 15 is 0 Å². The molecule has 0 aliphatic rings. The molecule has 19 heavy (non-hydrogen) atoms. The first-order valence-corrected chi connectivity index (χ1v) is 5.60. The lowest BCUT2D eigenvalue weighted by Crippen LogP contribution is -1.86. The summed E-state index contributed by atoms with van der Waals surface area (Å²) in [5.41, 5.74) is 20.1. The number of benzene rings is 2. The van der Waals surface area contributed by atoms with Crippen LogP contribution in [-0.4, -0.2) is 0 Å². The molecule has 92 valence electrons. The molecule has 2 aromatic carbocycles. The first-order chi connectivity index (χ1) is 9.31. The Morgan fingerprint density at radius 3 is 1.37 bits per heavy atom. The molecule has 0 heterocycles. The van der Waals surface area contributed by atoms with Crippen molar-refractivity contribution in [2.75, 3.05) is 0 Å². The Morgan fingerprint density at radius 1 is 0.684 bits per heavy atom. The van der Waals surface area contributed by atoms with Crippen LogP contribution in [0.5, 0.6) is 0 Å². The molecule has 0 atom stereocenters. The van der Waals surface area contributed by atoms with E-state index in [1.165, 1.54) is 0 Å². The summed E-state index contributed by atoms with van der Waals surface area (Å²) in [6.07, 6.45) is 0.771. The molecule has 0 aliphatic carbocycles. The monoisotopic (exact) mass is 250 g/mol. The molecular formula is C13H10N6. The zero-order chi connectivity index (χ0) is 13.5. The van der Waals surface area contributed by atoms with Gasteiger partial charge in [-0.05, 0) is 28.6 Å². The summed E-state index contributed by atoms with van der Waals surface area (Å²) in [7, 11) is 0. The number of hydrogen-bond donors (Lipinski definition) is 0. The molecule has 6 heteroatoms. The van der Waals surface area contributed by atoms with Gasteiger partial charge in [0.05, 0.1) is 0 Å². The SMILES string of the molecule is [N-]=[N+]=Nc1ccc(Cc2ccc(N=[N+]=[N-])cc2)cc1. The molecule has 0 bridgehead atoms. The predicted octanol–water partition coefficient (Wildman–Crippen LogP) is 5.16. The molecule has 0 saturated heterocycles. The first kappa shape index (κ1) is 12.5. The fourth-order valence-corrected chi connectivity index (χ4v) is 1.70. The minimum atomic E-state index is 0.602. The highest BCUT2D eigenvalue weighted by Crippen LogP contribution is 2.18. The van der Waals surface area contributed by atoms with Gasteiger partial charge in [-0.3, -0.25) is 0 Å². The van der Waals surface area contributed by atoms with Crippen molar-refractivity contribution in [3.8, 4) is 0 Å².